The first-order valence-corrected chi connectivity index (χ1v) is 9.67. The van der Waals surface area contributed by atoms with E-state index in [0.717, 1.165) is 48.7 Å². The molecule has 6 heteroatoms. The van der Waals surface area contributed by atoms with Crippen LogP contribution in [-0.4, -0.2) is 39.4 Å². The van der Waals surface area contributed by atoms with Gasteiger partial charge in [-0.2, -0.15) is 0 Å². The SMILES string of the molecule is COc1ccc(C)cc1C(C)NC(=O)NCc1ccc(N2CCOCC2)cc1. The van der Waals surface area contributed by atoms with Gasteiger partial charge in [-0.3, -0.25) is 0 Å². The van der Waals surface area contributed by atoms with Gasteiger partial charge in [-0.1, -0.05) is 29.8 Å². The van der Waals surface area contributed by atoms with E-state index in [1.807, 2.05) is 32.0 Å². The zero-order valence-corrected chi connectivity index (χ0v) is 16.8. The number of carbonyl (C=O) groups excluding carboxylic acids is 1. The third-order valence-corrected chi connectivity index (χ3v) is 4.96. The minimum absolute atomic E-state index is 0.154. The van der Waals surface area contributed by atoms with E-state index >= 15 is 0 Å². The van der Waals surface area contributed by atoms with Crippen LogP contribution in [-0.2, 0) is 11.3 Å². The smallest absolute Gasteiger partial charge is 0.315 e. The van der Waals surface area contributed by atoms with Crippen LogP contribution in [0.25, 0.3) is 0 Å². The Morgan fingerprint density at radius 2 is 1.89 bits per heavy atom. The average Bonchev–Trinajstić information content (AvgIpc) is 2.73. The molecule has 2 amide bonds. The number of morpholine rings is 1. The zero-order valence-electron chi connectivity index (χ0n) is 16.8. The van der Waals surface area contributed by atoms with Gasteiger partial charge in [-0.15, -0.1) is 0 Å². The molecule has 1 atom stereocenters. The average molecular weight is 383 g/mol. The Labute approximate surface area is 166 Å². The Hall–Kier alpha value is -2.73. The lowest BCUT2D eigenvalue weighted by Gasteiger charge is -2.28. The topological polar surface area (TPSA) is 62.8 Å². The first kappa shape index (κ1) is 20.0. The number of amides is 2. The van der Waals surface area contributed by atoms with E-state index in [-0.39, 0.29) is 12.1 Å². The number of hydrogen-bond donors (Lipinski definition) is 2. The normalized spacial score (nSPS) is 15.0. The van der Waals surface area contributed by atoms with Crippen molar-refractivity contribution in [3.8, 4) is 5.75 Å². The molecule has 6 nitrogen and oxygen atoms in total. The number of anilines is 1. The van der Waals surface area contributed by atoms with E-state index in [1.54, 1.807) is 7.11 Å². The Morgan fingerprint density at radius 1 is 1.18 bits per heavy atom. The summed E-state index contributed by atoms with van der Waals surface area (Å²) in [5, 5.41) is 5.91. The number of nitrogens with one attached hydrogen (secondary N) is 2. The Balaban J connectivity index is 1.52. The van der Waals surface area contributed by atoms with Crippen molar-refractivity contribution in [2.45, 2.75) is 26.4 Å². The molecule has 1 fully saturated rings. The van der Waals surface area contributed by atoms with Gasteiger partial charge < -0.3 is 25.0 Å². The number of ether oxygens (including phenoxy) is 2. The van der Waals surface area contributed by atoms with Crippen molar-refractivity contribution in [3.05, 3.63) is 59.2 Å². The van der Waals surface area contributed by atoms with E-state index in [0.29, 0.717) is 6.54 Å². The maximum Gasteiger partial charge on any atom is 0.315 e. The second-order valence-corrected chi connectivity index (χ2v) is 7.06. The van der Waals surface area contributed by atoms with E-state index < -0.39 is 0 Å². The molecule has 2 aromatic rings. The summed E-state index contributed by atoms with van der Waals surface area (Å²) in [5.74, 6) is 0.775. The van der Waals surface area contributed by atoms with Crippen molar-refractivity contribution in [1.29, 1.82) is 0 Å². The van der Waals surface area contributed by atoms with E-state index in [9.17, 15) is 4.79 Å². The fourth-order valence-corrected chi connectivity index (χ4v) is 3.35. The molecule has 0 aromatic heterocycles. The molecule has 1 aliphatic heterocycles. The lowest BCUT2D eigenvalue weighted by molar-refractivity contribution is 0.122. The summed E-state index contributed by atoms with van der Waals surface area (Å²) in [7, 11) is 1.64. The summed E-state index contributed by atoms with van der Waals surface area (Å²) in [4.78, 5) is 14.6. The van der Waals surface area contributed by atoms with Crippen LogP contribution in [0.1, 0.15) is 29.7 Å². The summed E-state index contributed by atoms with van der Waals surface area (Å²) < 4.78 is 10.8. The fourth-order valence-electron chi connectivity index (χ4n) is 3.35. The molecule has 0 aliphatic carbocycles. The van der Waals surface area contributed by atoms with Crippen molar-refractivity contribution >= 4 is 11.7 Å². The fraction of sp³-hybridized carbons (Fsp3) is 0.409. The number of urea groups is 1. The second kappa shape index (κ2) is 9.46. The molecule has 150 valence electrons. The van der Waals surface area contributed by atoms with Gasteiger partial charge in [0.05, 0.1) is 26.4 Å². The van der Waals surface area contributed by atoms with Gasteiger partial charge in [0.1, 0.15) is 5.75 Å². The van der Waals surface area contributed by atoms with Crippen LogP contribution >= 0.6 is 0 Å². The first-order chi connectivity index (χ1) is 13.6. The summed E-state index contributed by atoms with van der Waals surface area (Å²) in [6.07, 6.45) is 0. The van der Waals surface area contributed by atoms with Gasteiger partial charge >= 0.3 is 6.03 Å². The summed E-state index contributed by atoms with van der Waals surface area (Å²) >= 11 is 0. The highest BCUT2D eigenvalue weighted by molar-refractivity contribution is 5.74. The molecular weight excluding hydrogens is 354 g/mol. The lowest BCUT2D eigenvalue weighted by Crippen LogP contribution is -2.37. The standard InChI is InChI=1S/C22H29N3O3/c1-16-4-9-21(27-3)20(14-16)17(2)24-22(26)23-15-18-5-7-19(8-6-18)25-10-12-28-13-11-25/h4-9,14,17H,10-13,15H2,1-3H3,(H2,23,24,26). The predicted molar refractivity (Wildman–Crippen MR) is 111 cm³/mol. The van der Waals surface area contributed by atoms with Gasteiger partial charge in [-0.25, -0.2) is 4.79 Å². The summed E-state index contributed by atoms with van der Waals surface area (Å²) in [6, 6.07) is 13.9. The quantitative estimate of drug-likeness (QED) is 0.803. The van der Waals surface area contributed by atoms with Crippen molar-refractivity contribution in [2.24, 2.45) is 0 Å². The zero-order chi connectivity index (χ0) is 19.9. The molecule has 1 aliphatic rings. The number of benzene rings is 2. The molecule has 1 unspecified atom stereocenters. The highest BCUT2D eigenvalue weighted by atomic mass is 16.5. The molecule has 1 saturated heterocycles. The van der Waals surface area contributed by atoms with Crippen molar-refractivity contribution in [1.82, 2.24) is 10.6 Å². The molecule has 0 saturated carbocycles. The van der Waals surface area contributed by atoms with Crippen LogP contribution in [0.4, 0.5) is 10.5 Å². The van der Waals surface area contributed by atoms with Gasteiger partial charge in [0.2, 0.25) is 0 Å². The van der Waals surface area contributed by atoms with Crippen LogP contribution < -0.4 is 20.3 Å². The summed E-state index contributed by atoms with van der Waals surface area (Å²) in [5.41, 5.74) is 4.35. The van der Waals surface area contributed by atoms with Crippen LogP contribution in [0.5, 0.6) is 5.75 Å². The first-order valence-electron chi connectivity index (χ1n) is 9.67. The van der Waals surface area contributed by atoms with E-state index in [1.165, 1.54) is 5.69 Å². The molecule has 2 aromatic carbocycles. The van der Waals surface area contributed by atoms with E-state index in [4.69, 9.17) is 9.47 Å². The summed E-state index contributed by atoms with van der Waals surface area (Å²) in [6.45, 7) is 7.83. The number of aryl methyl sites for hydroxylation is 1. The minimum atomic E-state index is -0.201. The Kier molecular flexibility index (Phi) is 6.76. The highest BCUT2D eigenvalue weighted by Crippen LogP contribution is 2.26. The van der Waals surface area contributed by atoms with Crippen molar-refractivity contribution < 1.29 is 14.3 Å². The Morgan fingerprint density at radius 3 is 2.57 bits per heavy atom. The maximum absolute atomic E-state index is 12.3. The lowest BCUT2D eigenvalue weighted by atomic mass is 10.0. The number of carbonyl (C=O) groups is 1. The molecule has 0 spiro atoms. The third-order valence-electron chi connectivity index (χ3n) is 4.96. The molecule has 0 bridgehead atoms. The van der Waals surface area contributed by atoms with Crippen molar-refractivity contribution in [2.75, 3.05) is 38.3 Å². The van der Waals surface area contributed by atoms with Gasteiger partial charge in [-0.05, 0) is 37.6 Å². The largest absolute Gasteiger partial charge is 0.496 e. The molecule has 0 radical (unpaired) electrons. The second-order valence-electron chi connectivity index (χ2n) is 7.06. The molecule has 1 heterocycles. The van der Waals surface area contributed by atoms with Crippen LogP contribution in [0, 0.1) is 6.92 Å². The van der Waals surface area contributed by atoms with Crippen LogP contribution in [0.2, 0.25) is 0 Å². The molecule has 3 rings (SSSR count). The van der Waals surface area contributed by atoms with Gasteiger partial charge in [0.25, 0.3) is 0 Å². The minimum Gasteiger partial charge on any atom is -0.496 e. The predicted octanol–water partition coefficient (Wildman–Crippen LogP) is 3.40. The molecular formula is C22H29N3O3. The van der Waals surface area contributed by atoms with Crippen molar-refractivity contribution in [3.63, 3.8) is 0 Å². The number of methoxy groups -OCH3 is 1. The molecule has 2 N–H and O–H groups in total. The van der Waals surface area contributed by atoms with Gasteiger partial charge in [0.15, 0.2) is 0 Å². The van der Waals surface area contributed by atoms with Gasteiger partial charge in [0, 0.05) is 30.9 Å². The maximum atomic E-state index is 12.3. The van der Waals surface area contributed by atoms with Crippen LogP contribution in [0.3, 0.4) is 0 Å². The number of nitrogens with zero attached hydrogens (tertiary/aromatic N) is 1. The number of rotatable bonds is 6. The third kappa shape index (κ3) is 5.16. The molecule has 28 heavy (non-hydrogen) atoms. The highest BCUT2D eigenvalue weighted by Gasteiger charge is 2.14. The Bertz CT molecular complexity index is 786. The number of hydrogen-bond acceptors (Lipinski definition) is 4. The van der Waals surface area contributed by atoms with E-state index in [2.05, 4.69) is 39.8 Å². The van der Waals surface area contributed by atoms with Crippen LogP contribution in [0.15, 0.2) is 42.5 Å². The monoisotopic (exact) mass is 383 g/mol.